The highest BCUT2D eigenvalue weighted by Crippen LogP contribution is 2.30. The first-order chi connectivity index (χ1) is 19.5. The van der Waals surface area contributed by atoms with Crippen LogP contribution in [0.5, 0.6) is 17.2 Å². The monoisotopic (exact) mass is 575 g/mol. The third-order valence-electron chi connectivity index (χ3n) is 6.79. The molecule has 1 saturated heterocycles. The number of benzene rings is 2. The van der Waals surface area contributed by atoms with E-state index in [0.717, 1.165) is 69.4 Å². The zero-order valence-electron chi connectivity index (χ0n) is 23.2. The number of aliphatic carboxylic acids is 3. The number of fused-ring (bicyclic) bond motifs is 1. The minimum Gasteiger partial charge on any atom is -0.493 e. The lowest BCUT2D eigenvalue weighted by Gasteiger charge is -2.26. The maximum atomic E-state index is 10.3. The van der Waals surface area contributed by atoms with Crippen LogP contribution < -0.4 is 14.2 Å². The summed E-state index contributed by atoms with van der Waals surface area (Å²) in [6.45, 7) is 4.34. The number of carbonyl (C=O) groups is 3. The number of hydrogen-bond acceptors (Lipinski definition) is 9. The zero-order valence-corrected chi connectivity index (χ0v) is 23.2. The first-order valence-corrected chi connectivity index (χ1v) is 13.2. The normalized spacial score (nSPS) is 15.9. The van der Waals surface area contributed by atoms with Crippen LogP contribution >= 0.6 is 0 Å². The molecule has 2 aromatic carbocycles. The molecule has 2 aromatic rings. The Bertz CT molecular complexity index is 1190. The quantitative estimate of drug-likeness (QED) is 0.275. The molecule has 0 aromatic heterocycles. The molecule has 0 aliphatic carbocycles. The van der Waals surface area contributed by atoms with Crippen LogP contribution in [0.25, 0.3) is 0 Å². The van der Waals surface area contributed by atoms with Gasteiger partial charge in [-0.05, 0) is 47.7 Å². The number of rotatable bonds is 13. The molecule has 0 bridgehead atoms. The minimum atomic E-state index is -2.74. The molecule has 0 radical (unpaired) electrons. The summed E-state index contributed by atoms with van der Waals surface area (Å²) in [6, 6.07) is 12.7. The molecule has 4 N–H and O–H groups in total. The van der Waals surface area contributed by atoms with Crippen LogP contribution in [0.1, 0.15) is 42.4 Å². The number of nitrogens with zero attached hydrogens (tertiary/aromatic N) is 1. The van der Waals surface area contributed by atoms with E-state index in [1.165, 1.54) is 16.7 Å². The summed E-state index contributed by atoms with van der Waals surface area (Å²) in [4.78, 5) is 33.0. The second-order valence-corrected chi connectivity index (χ2v) is 10.0. The molecule has 224 valence electrons. The van der Waals surface area contributed by atoms with Gasteiger partial charge in [0.1, 0.15) is 5.75 Å². The molecule has 2 heterocycles. The highest BCUT2D eigenvalue weighted by Gasteiger charge is 2.40. The van der Waals surface area contributed by atoms with E-state index in [9.17, 15) is 14.4 Å². The second kappa shape index (κ2) is 14.7. The van der Waals surface area contributed by atoms with Crippen molar-refractivity contribution in [1.82, 2.24) is 4.90 Å². The van der Waals surface area contributed by atoms with Gasteiger partial charge in [-0.1, -0.05) is 18.2 Å². The van der Waals surface area contributed by atoms with Crippen LogP contribution in [0.3, 0.4) is 0 Å². The van der Waals surface area contributed by atoms with Gasteiger partial charge in [0.15, 0.2) is 17.1 Å². The van der Waals surface area contributed by atoms with Crippen molar-refractivity contribution < 1.29 is 53.8 Å². The molecule has 2 aliphatic rings. The Morgan fingerprint density at radius 2 is 1.56 bits per heavy atom. The summed E-state index contributed by atoms with van der Waals surface area (Å²) in [5, 5.41) is 33.8. The fourth-order valence-electron chi connectivity index (χ4n) is 4.81. The van der Waals surface area contributed by atoms with Crippen molar-refractivity contribution in [1.29, 1.82) is 0 Å². The lowest BCUT2D eigenvalue weighted by atomic mass is 9.96. The Morgan fingerprint density at radius 3 is 2.12 bits per heavy atom. The number of aliphatic hydroxyl groups is 1. The van der Waals surface area contributed by atoms with Crippen molar-refractivity contribution in [3.8, 4) is 17.2 Å². The van der Waals surface area contributed by atoms with E-state index < -0.39 is 36.4 Å². The van der Waals surface area contributed by atoms with E-state index in [1.807, 2.05) is 6.07 Å². The van der Waals surface area contributed by atoms with E-state index in [1.54, 1.807) is 14.2 Å². The van der Waals surface area contributed by atoms with Gasteiger partial charge in [-0.15, -0.1) is 0 Å². The number of methoxy groups -OCH3 is 2. The van der Waals surface area contributed by atoms with Gasteiger partial charge < -0.3 is 39.4 Å². The van der Waals surface area contributed by atoms with Crippen molar-refractivity contribution in [3.05, 3.63) is 53.1 Å². The molecule has 41 heavy (non-hydrogen) atoms. The van der Waals surface area contributed by atoms with Crippen molar-refractivity contribution in [2.45, 2.75) is 56.9 Å². The molecule has 1 unspecified atom stereocenters. The van der Waals surface area contributed by atoms with Gasteiger partial charge in [-0.2, -0.15) is 0 Å². The van der Waals surface area contributed by atoms with Crippen LogP contribution in [-0.4, -0.2) is 88.9 Å². The van der Waals surface area contributed by atoms with Crippen molar-refractivity contribution in [2.24, 2.45) is 0 Å². The highest BCUT2D eigenvalue weighted by molar-refractivity contribution is 5.88. The van der Waals surface area contributed by atoms with Crippen molar-refractivity contribution >= 4 is 17.9 Å². The van der Waals surface area contributed by atoms with E-state index in [-0.39, 0.29) is 0 Å². The van der Waals surface area contributed by atoms with E-state index in [0.29, 0.717) is 6.10 Å². The fraction of sp³-hybridized carbons (Fsp3) is 0.483. The predicted octanol–water partition coefficient (Wildman–Crippen LogP) is 2.57. The van der Waals surface area contributed by atoms with Gasteiger partial charge in [0.25, 0.3) is 0 Å². The van der Waals surface area contributed by atoms with Gasteiger partial charge in [0.05, 0.1) is 39.8 Å². The predicted molar refractivity (Wildman–Crippen MR) is 145 cm³/mol. The summed E-state index contributed by atoms with van der Waals surface area (Å²) in [5.41, 5.74) is 1.11. The Hall–Kier alpha value is -3.87. The molecule has 0 saturated carbocycles. The summed E-state index contributed by atoms with van der Waals surface area (Å²) in [6.07, 6.45) is 1.33. The standard InChI is InChI=1S/C23H29NO4.C6H8O7/c1-25-22-8-6-18(13-23(22)26-2)15-24(16-20-4-3-10-27-20)14-17-5-7-21-19(12-17)9-11-28-21;7-3(8)1-6(13,5(11)12)2-4(9)10/h5-8,12-13,20H,3-4,9-11,14-16H2,1-2H3;13H,1-2H2,(H,7,8)(H,9,10)(H,11,12). The highest BCUT2D eigenvalue weighted by atomic mass is 16.5. The largest absolute Gasteiger partial charge is 0.493 e. The Balaban J connectivity index is 0.000000302. The van der Waals surface area contributed by atoms with Gasteiger partial charge in [0, 0.05) is 32.7 Å². The molecule has 4 rings (SSSR count). The maximum Gasteiger partial charge on any atom is 0.336 e. The van der Waals surface area contributed by atoms with Crippen LogP contribution in [0, 0.1) is 0 Å². The number of hydrogen-bond donors (Lipinski definition) is 4. The van der Waals surface area contributed by atoms with Crippen LogP contribution in [0.15, 0.2) is 36.4 Å². The van der Waals surface area contributed by atoms with Crippen LogP contribution in [-0.2, 0) is 38.6 Å². The van der Waals surface area contributed by atoms with E-state index in [2.05, 4.69) is 35.2 Å². The molecule has 0 spiro atoms. The smallest absolute Gasteiger partial charge is 0.336 e. The molecule has 2 aliphatic heterocycles. The number of carboxylic acids is 3. The molecule has 1 fully saturated rings. The minimum absolute atomic E-state index is 0.318. The first kappa shape index (κ1) is 31.7. The van der Waals surface area contributed by atoms with Gasteiger partial charge in [-0.3, -0.25) is 14.5 Å². The van der Waals surface area contributed by atoms with Crippen molar-refractivity contribution in [2.75, 3.05) is 34.0 Å². The average Bonchev–Trinajstić information content (AvgIpc) is 3.59. The third-order valence-corrected chi connectivity index (χ3v) is 6.79. The first-order valence-electron chi connectivity index (χ1n) is 13.2. The Labute approximate surface area is 238 Å². The van der Waals surface area contributed by atoms with Gasteiger partial charge in [0.2, 0.25) is 0 Å². The van der Waals surface area contributed by atoms with E-state index in [4.69, 9.17) is 39.4 Å². The zero-order chi connectivity index (χ0) is 30.0. The van der Waals surface area contributed by atoms with Crippen molar-refractivity contribution in [3.63, 3.8) is 0 Å². The summed E-state index contributed by atoms with van der Waals surface area (Å²) in [7, 11) is 3.34. The topological polar surface area (TPSA) is 172 Å². The molecule has 12 heteroatoms. The van der Waals surface area contributed by atoms with Crippen LogP contribution in [0.2, 0.25) is 0 Å². The molecule has 0 amide bonds. The second-order valence-electron chi connectivity index (χ2n) is 10.0. The van der Waals surface area contributed by atoms with Crippen LogP contribution in [0.4, 0.5) is 0 Å². The van der Waals surface area contributed by atoms with Gasteiger partial charge in [-0.25, -0.2) is 4.79 Å². The Morgan fingerprint density at radius 1 is 0.927 bits per heavy atom. The molecular weight excluding hydrogens is 538 g/mol. The number of carboxylic acid groups (broad SMARTS) is 3. The van der Waals surface area contributed by atoms with E-state index >= 15 is 0 Å². The lowest BCUT2D eigenvalue weighted by molar-refractivity contribution is -0.170. The fourth-order valence-corrected chi connectivity index (χ4v) is 4.81. The van der Waals surface area contributed by atoms with Gasteiger partial charge >= 0.3 is 17.9 Å². The summed E-state index contributed by atoms with van der Waals surface area (Å²) in [5.74, 6) is -2.45. The Kier molecular flexibility index (Phi) is 11.3. The summed E-state index contributed by atoms with van der Waals surface area (Å²) >= 11 is 0. The summed E-state index contributed by atoms with van der Waals surface area (Å²) < 4.78 is 22.4. The average molecular weight is 576 g/mol. The molecule has 12 nitrogen and oxygen atoms in total. The molecular formula is C29H37NO11. The lowest BCUT2D eigenvalue weighted by Crippen LogP contribution is -2.42. The number of ether oxygens (including phenoxy) is 4. The maximum absolute atomic E-state index is 10.3. The SMILES string of the molecule is COc1ccc(CN(Cc2ccc3c(c2)CCO3)CC2CCCO2)cc1OC.O=C(O)CC(O)(CC(=O)O)C(=O)O. The molecule has 1 atom stereocenters. The third kappa shape index (κ3) is 9.34.